The molecule has 7 nitrogen and oxygen atoms in total. The summed E-state index contributed by atoms with van der Waals surface area (Å²) in [6.45, 7) is 5.85. The molecule has 20 heavy (non-hydrogen) atoms. The van der Waals surface area contributed by atoms with Crippen LogP contribution in [0.15, 0.2) is 29.4 Å². The molecule has 0 radical (unpaired) electrons. The summed E-state index contributed by atoms with van der Waals surface area (Å²) in [5.74, 6) is 0.363. The summed E-state index contributed by atoms with van der Waals surface area (Å²) in [6.07, 6.45) is 3.11. The van der Waals surface area contributed by atoms with Gasteiger partial charge in [0.1, 0.15) is 0 Å². The Morgan fingerprint density at radius 3 is 2.60 bits per heavy atom. The summed E-state index contributed by atoms with van der Waals surface area (Å²) in [4.78, 5) is 5.51. The molecule has 0 aliphatic rings. The van der Waals surface area contributed by atoms with Crippen LogP contribution in [0.5, 0.6) is 0 Å². The molecule has 0 saturated heterocycles. The lowest BCUT2D eigenvalue weighted by Gasteiger charge is -2.15. The molecule has 0 fully saturated rings. The third kappa shape index (κ3) is 3.38. The molecule has 2 rings (SSSR count). The topological polar surface area (TPSA) is 90.6 Å². The second-order valence-electron chi connectivity index (χ2n) is 5.42. The Labute approximate surface area is 118 Å². The van der Waals surface area contributed by atoms with Crippen molar-refractivity contribution in [2.75, 3.05) is 5.75 Å². The van der Waals surface area contributed by atoms with Crippen molar-refractivity contribution < 1.29 is 8.42 Å². The number of hydrogen-bond acceptors (Lipinski definition) is 6. The molecule has 0 aromatic carbocycles. The number of pyridine rings is 1. The Hall–Kier alpha value is -1.83. The van der Waals surface area contributed by atoms with Crippen molar-refractivity contribution in [3.63, 3.8) is 0 Å². The van der Waals surface area contributed by atoms with Gasteiger partial charge >= 0.3 is 0 Å². The van der Waals surface area contributed by atoms with Gasteiger partial charge in [0.25, 0.3) is 0 Å². The van der Waals surface area contributed by atoms with E-state index >= 15 is 0 Å². The van der Waals surface area contributed by atoms with E-state index in [4.69, 9.17) is 0 Å². The number of hydrogen-bond donors (Lipinski definition) is 0. The molecule has 0 bridgehead atoms. The van der Waals surface area contributed by atoms with Gasteiger partial charge in [0.15, 0.2) is 15.7 Å². The van der Waals surface area contributed by atoms with Gasteiger partial charge in [-0.1, -0.05) is 0 Å². The van der Waals surface area contributed by atoms with Crippen LogP contribution in [0.3, 0.4) is 0 Å². The zero-order valence-electron chi connectivity index (χ0n) is 11.7. The molecule has 2 aromatic rings. The highest BCUT2D eigenvalue weighted by molar-refractivity contribution is 7.91. The summed E-state index contributed by atoms with van der Waals surface area (Å²) in [7, 11) is -3.36. The minimum absolute atomic E-state index is 0.0610. The van der Waals surface area contributed by atoms with E-state index < -0.39 is 9.84 Å². The molecule has 2 aromatic heterocycles. The average Bonchev–Trinajstić information content (AvgIpc) is 2.86. The predicted octanol–water partition coefficient (Wildman–Crippen LogP) is 0.840. The first-order valence-electron chi connectivity index (χ1n) is 6.21. The number of sulfone groups is 1. The van der Waals surface area contributed by atoms with Crippen LogP contribution in [0.25, 0.3) is 0 Å². The maximum absolute atomic E-state index is 12.1. The fourth-order valence-corrected chi connectivity index (χ4v) is 2.70. The van der Waals surface area contributed by atoms with Gasteiger partial charge in [-0.25, -0.2) is 8.42 Å². The van der Waals surface area contributed by atoms with Crippen LogP contribution in [-0.2, 0) is 21.8 Å². The summed E-state index contributed by atoms with van der Waals surface area (Å²) >= 11 is 0. The molecule has 0 amide bonds. The smallest absolute Gasteiger partial charge is 0.180 e. The number of nitrogens with zero attached hydrogens (tertiary/aromatic N) is 5. The van der Waals surface area contributed by atoms with E-state index in [2.05, 4.69) is 20.4 Å². The first kappa shape index (κ1) is 14.6. The van der Waals surface area contributed by atoms with Crippen molar-refractivity contribution in [2.45, 2.75) is 37.6 Å². The molecule has 0 saturated carbocycles. The lowest BCUT2D eigenvalue weighted by molar-refractivity contribution is 0.305. The van der Waals surface area contributed by atoms with Crippen LogP contribution in [0.2, 0.25) is 0 Å². The van der Waals surface area contributed by atoms with E-state index in [0.29, 0.717) is 5.82 Å². The third-order valence-corrected chi connectivity index (χ3v) is 4.34. The molecule has 0 unspecified atom stereocenters. The van der Waals surface area contributed by atoms with Gasteiger partial charge in [-0.05, 0) is 38.1 Å². The Kier molecular flexibility index (Phi) is 3.85. The van der Waals surface area contributed by atoms with Gasteiger partial charge in [0.2, 0.25) is 0 Å². The largest absolute Gasteiger partial charge is 0.263 e. The average molecular weight is 295 g/mol. The van der Waals surface area contributed by atoms with Crippen LogP contribution in [0, 0.1) is 0 Å². The van der Waals surface area contributed by atoms with E-state index in [-0.39, 0.29) is 22.6 Å². The Balaban J connectivity index is 2.08. The molecule has 0 spiro atoms. The first-order chi connectivity index (χ1) is 9.29. The molecule has 2 heterocycles. The standard InChI is InChI=1S/C12H17N5O2S/c1-12(2,3)17-15-11(14-16-17)6-8-20(18,19)10-5-4-7-13-9-10/h4-5,7,9H,6,8H2,1-3H3. The lowest BCUT2D eigenvalue weighted by Crippen LogP contribution is -2.24. The molecule has 8 heteroatoms. The molecular weight excluding hydrogens is 278 g/mol. The summed E-state index contributed by atoms with van der Waals surface area (Å²) in [6, 6.07) is 3.13. The van der Waals surface area contributed by atoms with Crippen molar-refractivity contribution >= 4 is 9.84 Å². The highest BCUT2D eigenvalue weighted by atomic mass is 32.2. The zero-order chi connectivity index (χ0) is 14.8. The highest BCUT2D eigenvalue weighted by Crippen LogP contribution is 2.12. The van der Waals surface area contributed by atoms with E-state index in [0.717, 1.165) is 0 Å². The molecule has 0 aliphatic carbocycles. The monoisotopic (exact) mass is 295 g/mol. The van der Waals surface area contributed by atoms with Gasteiger partial charge in [0, 0.05) is 18.8 Å². The minimum Gasteiger partial charge on any atom is -0.263 e. The molecule has 108 valence electrons. The van der Waals surface area contributed by atoms with Gasteiger partial charge in [-0.3, -0.25) is 4.98 Å². The normalized spacial score (nSPS) is 12.6. The maximum atomic E-state index is 12.1. The Bertz CT molecular complexity index is 673. The number of rotatable bonds is 4. The SMILES string of the molecule is CC(C)(C)n1nnc(CCS(=O)(=O)c2cccnc2)n1. The van der Waals surface area contributed by atoms with Crippen molar-refractivity contribution in [2.24, 2.45) is 0 Å². The van der Waals surface area contributed by atoms with Gasteiger partial charge in [-0.15, -0.1) is 10.2 Å². The van der Waals surface area contributed by atoms with Crippen LogP contribution in [-0.4, -0.2) is 39.4 Å². The Morgan fingerprint density at radius 2 is 2.05 bits per heavy atom. The highest BCUT2D eigenvalue weighted by Gasteiger charge is 2.19. The van der Waals surface area contributed by atoms with Gasteiger partial charge < -0.3 is 0 Å². The summed E-state index contributed by atoms with van der Waals surface area (Å²) < 4.78 is 24.2. The molecular formula is C12H17N5O2S. The fourth-order valence-electron chi connectivity index (χ4n) is 1.50. The minimum atomic E-state index is -3.36. The molecule has 0 atom stereocenters. The maximum Gasteiger partial charge on any atom is 0.180 e. The molecule has 0 N–H and O–H groups in total. The second kappa shape index (κ2) is 5.28. The van der Waals surface area contributed by atoms with Crippen LogP contribution < -0.4 is 0 Å². The van der Waals surface area contributed by atoms with E-state index in [9.17, 15) is 8.42 Å². The first-order valence-corrected chi connectivity index (χ1v) is 7.86. The molecule has 0 aliphatic heterocycles. The van der Waals surface area contributed by atoms with E-state index in [1.807, 2.05) is 20.8 Å². The lowest BCUT2D eigenvalue weighted by atomic mass is 10.1. The van der Waals surface area contributed by atoms with Crippen LogP contribution in [0.1, 0.15) is 26.6 Å². The summed E-state index contributed by atoms with van der Waals surface area (Å²) in [5.41, 5.74) is -0.270. The Morgan fingerprint density at radius 1 is 1.30 bits per heavy atom. The van der Waals surface area contributed by atoms with Crippen molar-refractivity contribution in [3.05, 3.63) is 30.4 Å². The quantitative estimate of drug-likeness (QED) is 0.830. The van der Waals surface area contributed by atoms with Crippen molar-refractivity contribution in [3.8, 4) is 0 Å². The van der Waals surface area contributed by atoms with E-state index in [1.54, 1.807) is 6.07 Å². The van der Waals surface area contributed by atoms with Crippen LogP contribution in [0.4, 0.5) is 0 Å². The van der Waals surface area contributed by atoms with Gasteiger partial charge in [-0.2, -0.15) is 4.80 Å². The predicted molar refractivity (Wildman–Crippen MR) is 72.8 cm³/mol. The fraction of sp³-hybridized carbons (Fsp3) is 0.500. The third-order valence-electron chi connectivity index (χ3n) is 2.64. The number of aromatic nitrogens is 5. The van der Waals surface area contributed by atoms with Crippen molar-refractivity contribution in [1.29, 1.82) is 0 Å². The van der Waals surface area contributed by atoms with E-state index in [1.165, 1.54) is 23.3 Å². The summed E-state index contributed by atoms with van der Waals surface area (Å²) in [5, 5.41) is 12.0. The number of aryl methyl sites for hydroxylation is 1. The van der Waals surface area contributed by atoms with Crippen molar-refractivity contribution in [1.82, 2.24) is 25.2 Å². The zero-order valence-corrected chi connectivity index (χ0v) is 12.5. The second-order valence-corrected chi connectivity index (χ2v) is 7.53. The number of tetrazole rings is 1. The van der Waals surface area contributed by atoms with Gasteiger partial charge in [0.05, 0.1) is 16.2 Å². The van der Waals surface area contributed by atoms with Crippen LogP contribution >= 0.6 is 0 Å².